The van der Waals surface area contributed by atoms with Gasteiger partial charge in [-0.3, -0.25) is 19.8 Å². The molecule has 2 aromatic carbocycles. The number of amides is 3. The fraction of sp³-hybridized carbons (Fsp3) is 0.500. The van der Waals surface area contributed by atoms with Crippen LogP contribution in [-0.2, 0) is 14.3 Å². The van der Waals surface area contributed by atoms with Gasteiger partial charge in [0.05, 0.1) is 21.4 Å². The summed E-state index contributed by atoms with van der Waals surface area (Å²) >= 11 is 24.5. The molecule has 3 amide bonds. The van der Waals surface area contributed by atoms with Crippen LogP contribution in [0.5, 0.6) is 0 Å². The van der Waals surface area contributed by atoms with Gasteiger partial charge in [-0.05, 0) is 90.8 Å². The van der Waals surface area contributed by atoms with Crippen molar-refractivity contribution in [2.75, 3.05) is 42.7 Å². The molecule has 0 aliphatic carbocycles. The molecule has 0 bridgehead atoms. The summed E-state index contributed by atoms with van der Waals surface area (Å²) in [7, 11) is 0. The maximum atomic E-state index is 12.4. The van der Waals surface area contributed by atoms with E-state index in [0.29, 0.717) is 52.0 Å². The smallest absolute Gasteiger partial charge is 0.429 e. The molecule has 2 fully saturated rings. The third kappa shape index (κ3) is 10.4. The van der Waals surface area contributed by atoms with E-state index in [9.17, 15) is 14.4 Å². The molecule has 44 heavy (non-hydrogen) atoms. The zero-order valence-electron chi connectivity index (χ0n) is 25.8. The number of hydrogen-bond acceptors (Lipinski definition) is 7. The Morgan fingerprint density at radius 1 is 0.705 bits per heavy atom. The number of benzene rings is 2. The molecule has 0 unspecified atom stereocenters. The van der Waals surface area contributed by atoms with Gasteiger partial charge >= 0.3 is 12.2 Å². The number of carbonyl (C=O) groups excluding carboxylic acids is 3. The van der Waals surface area contributed by atoms with Crippen molar-refractivity contribution in [3.05, 3.63) is 56.5 Å². The normalized spacial score (nSPS) is 15.1. The Hall–Kier alpha value is -2.79. The van der Waals surface area contributed by atoms with Gasteiger partial charge in [0.15, 0.2) is 0 Å². The number of anilines is 2. The SMILES string of the molecule is CC(C)(C)OC(=O)N1CCCN1c1cc(Cl)ccc1Cl.CC(C)(C)OC(=O)NCC(=O)N1CCCN1c1cc(Cl)ccc1Cl. The highest BCUT2D eigenvalue weighted by Crippen LogP contribution is 2.34. The first kappa shape index (κ1) is 35.7. The van der Waals surface area contributed by atoms with Crippen molar-refractivity contribution >= 4 is 75.9 Å². The van der Waals surface area contributed by atoms with Gasteiger partial charge < -0.3 is 14.8 Å². The Morgan fingerprint density at radius 3 is 1.64 bits per heavy atom. The van der Waals surface area contributed by atoms with Crippen molar-refractivity contribution in [3.63, 3.8) is 0 Å². The molecule has 2 aromatic rings. The fourth-order valence-electron chi connectivity index (χ4n) is 4.41. The topological polar surface area (TPSA) is 94.7 Å². The molecule has 2 aliphatic heterocycles. The minimum atomic E-state index is -0.623. The zero-order valence-corrected chi connectivity index (χ0v) is 28.8. The van der Waals surface area contributed by atoms with E-state index < -0.39 is 17.3 Å². The van der Waals surface area contributed by atoms with Gasteiger partial charge in [0.1, 0.15) is 17.7 Å². The Labute approximate surface area is 279 Å². The van der Waals surface area contributed by atoms with Crippen molar-refractivity contribution in [2.45, 2.75) is 65.6 Å². The number of halogens is 4. The van der Waals surface area contributed by atoms with Crippen LogP contribution in [0.3, 0.4) is 0 Å². The molecule has 10 nitrogen and oxygen atoms in total. The minimum absolute atomic E-state index is 0.149. The van der Waals surface area contributed by atoms with Crippen LogP contribution in [0.4, 0.5) is 21.0 Å². The highest BCUT2D eigenvalue weighted by atomic mass is 35.5. The molecule has 4 rings (SSSR count). The molecular formula is C30H39Cl4N5O5. The molecule has 1 N–H and O–H groups in total. The van der Waals surface area contributed by atoms with E-state index in [1.807, 2.05) is 25.8 Å². The van der Waals surface area contributed by atoms with Gasteiger partial charge in [-0.1, -0.05) is 46.4 Å². The Balaban J connectivity index is 0.000000244. The summed E-state index contributed by atoms with van der Waals surface area (Å²) in [6.07, 6.45) is 0.678. The lowest BCUT2D eigenvalue weighted by Gasteiger charge is -2.32. The second-order valence-electron chi connectivity index (χ2n) is 12.1. The first-order valence-corrected chi connectivity index (χ1v) is 15.7. The Kier molecular flexibility index (Phi) is 12.2. The first-order valence-electron chi connectivity index (χ1n) is 14.2. The van der Waals surface area contributed by atoms with Crippen LogP contribution >= 0.6 is 46.4 Å². The van der Waals surface area contributed by atoms with Gasteiger partial charge in [0.2, 0.25) is 0 Å². The third-order valence-electron chi connectivity index (χ3n) is 6.11. The molecule has 242 valence electrons. The summed E-state index contributed by atoms with van der Waals surface area (Å²) in [6, 6.07) is 10.3. The fourth-order valence-corrected chi connectivity index (χ4v) is 5.17. The van der Waals surface area contributed by atoms with Crippen LogP contribution in [0.15, 0.2) is 36.4 Å². The Morgan fingerprint density at radius 2 is 1.16 bits per heavy atom. The van der Waals surface area contributed by atoms with Crippen molar-refractivity contribution in [3.8, 4) is 0 Å². The molecule has 0 atom stereocenters. The van der Waals surface area contributed by atoms with E-state index in [4.69, 9.17) is 55.9 Å². The molecular weight excluding hydrogens is 652 g/mol. The summed E-state index contributed by atoms with van der Waals surface area (Å²) < 4.78 is 10.5. The lowest BCUT2D eigenvalue weighted by Crippen LogP contribution is -2.47. The number of rotatable bonds is 4. The predicted octanol–water partition coefficient (Wildman–Crippen LogP) is 7.83. The molecule has 14 heteroatoms. The van der Waals surface area contributed by atoms with Gasteiger partial charge in [0, 0.05) is 36.2 Å². The quantitative estimate of drug-likeness (QED) is 0.350. The molecule has 0 aromatic heterocycles. The van der Waals surface area contributed by atoms with E-state index in [-0.39, 0.29) is 18.5 Å². The van der Waals surface area contributed by atoms with Crippen LogP contribution in [0.25, 0.3) is 0 Å². The average Bonchev–Trinajstić information content (AvgIpc) is 3.59. The van der Waals surface area contributed by atoms with Crippen molar-refractivity contribution < 1.29 is 23.9 Å². The van der Waals surface area contributed by atoms with Gasteiger partial charge in [-0.25, -0.2) is 14.6 Å². The number of ether oxygens (including phenoxy) is 2. The second kappa shape index (κ2) is 15.0. The molecule has 0 spiro atoms. The van der Waals surface area contributed by atoms with Crippen LogP contribution < -0.4 is 15.3 Å². The standard InChI is InChI=1S/C16H21Cl2N3O3.C14H18Cl2N2O2/c1-16(2,3)24-15(23)19-10-14(22)21-8-4-7-20(21)13-9-11(17)5-6-12(13)18;1-14(2,3)20-13(19)18-8-4-7-17(18)12-9-10(15)5-6-11(12)16/h5-6,9H,4,7-8,10H2,1-3H3,(H,19,23);5-6,9H,4,7-8H2,1-3H3. The molecule has 0 saturated carbocycles. The minimum Gasteiger partial charge on any atom is -0.444 e. The van der Waals surface area contributed by atoms with Crippen LogP contribution in [0, 0.1) is 0 Å². The number of nitrogens with one attached hydrogen (secondary N) is 1. The highest BCUT2D eigenvalue weighted by Gasteiger charge is 2.32. The average molecular weight is 691 g/mol. The second-order valence-corrected chi connectivity index (χ2v) is 13.8. The van der Waals surface area contributed by atoms with Crippen molar-refractivity contribution in [2.24, 2.45) is 0 Å². The molecule has 2 saturated heterocycles. The number of hydrogen-bond donors (Lipinski definition) is 1. The molecule has 2 aliphatic rings. The van der Waals surface area contributed by atoms with Gasteiger partial charge in [-0.15, -0.1) is 0 Å². The van der Waals surface area contributed by atoms with Crippen LogP contribution in [0.1, 0.15) is 54.4 Å². The lowest BCUT2D eigenvalue weighted by atomic mass is 10.2. The maximum Gasteiger partial charge on any atom is 0.429 e. The first-order chi connectivity index (χ1) is 20.4. The summed E-state index contributed by atoms with van der Waals surface area (Å²) in [5, 5.41) is 11.4. The van der Waals surface area contributed by atoms with Crippen LogP contribution in [0.2, 0.25) is 20.1 Å². The van der Waals surface area contributed by atoms with E-state index in [0.717, 1.165) is 18.5 Å². The number of nitrogens with zero attached hydrogens (tertiary/aromatic N) is 4. The van der Waals surface area contributed by atoms with E-state index >= 15 is 0 Å². The maximum absolute atomic E-state index is 12.4. The van der Waals surface area contributed by atoms with Crippen molar-refractivity contribution in [1.29, 1.82) is 0 Å². The predicted molar refractivity (Wildman–Crippen MR) is 176 cm³/mol. The summed E-state index contributed by atoms with van der Waals surface area (Å²) in [5.74, 6) is -0.241. The Bertz CT molecular complexity index is 1350. The van der Waals surface area contributed by atoms with E-state index in [2.05, 4.69) is 5.32 Å². The monoisotopic (exact) mass is 689 g/mol. The number of hydrazine groups is 2. The van der Waals surface area contributed by atoms with Crippen LogP contribution in [-0.4, -0.2) is 72.0 Å². The van der Waals surface area contributed by atoms with Crippen molar-refractivity contribution in [1.82, 2.24) is 15.3 Å². The summed E-state index contributed by atoms with van der Waals surface area (Å²) in [5.41, 5.74) is 0.264. The highest BCUT2D eigenvalue weighted by molar-refractivity contribution is 6.36. The summed E-state index contributed by atoms with van der Waals surface area (Å²) in [4.78, 5) is 36.3. The van der Waals surface area contributed by atoms with E-state index in [1.165, 1.54) is 0 Å². The number of alkyl carbamates (subject to hydrolysis) is 1. The molecule has 0 radical (unpaired) electrons. The van der Waals surface area contributed by atoms with Gasteiger partial charge in [0.25, 0.3) is 5.91 Å². The number of carbonyl (C=O) groups is 3. The summed E-state index contributed by atoms with van der Waals surface area (Å²) in [6.45, 7) is 13.2. The zero-order chi connectivity index (χ0) is 32.8. The van der Waals surface area contributed by atoms with Gasteiger partial charge in [-0.2, -0.15) is 0 Å². The lowest BCUT2D eigenvalue weighted by molar-refractivity contribution is -0.129. The van der Waals surface area contributed by atoms with E-state index in [1.54, 1.807) is 72.2 Å². The third-order valence-corrected chi connectivity index (χ3v) is 7.22. The largest absolute Gasteiger partial charge is 0.444 e. The molecule has 2 heterocycles.